The molecule has 18 heavy (non-hydrogen) atoms. The molecule has 0 amide bonds. The molecule has 0 aromatic carbocycles. The number of rotatable bonds is 4. The average molecular weight is 251 g/mol. The van der Waals surface area contributed by atoms with Crippen molar-refractivity contribution in [1.29, 1.82) is 0 Å². The Hall–Kier alpha value is -1.24. The molecule has 1 aromatic rings. The molecule has 1 aromatic heterocycles. The zero-order valence-corrected chi connectivity index (χ0v) is 10.8. The maximum absolute atomic E-state index is 9.95. The normalized spacial score (nSPS) is 20.7. The van der Waals surface area contributed by atoms with Crippen LogP contribution in [0.15, 0.2) is 18.5 Å². The van der Waals surface area contributed by atoms with Gasteiger partial charge in [-0.3, -0.25) is 4.90 Å². The Morgan fingerprint density at radius 1 is 1.28 bits per heavy atom. The minimum absolute atomic E-state index is 0.287. The van der Waals surface area contributed by atoms with Gasteiger partial charge in [0.25, 0.3) is 0 Å². The zero-order chi connectivity index (χ0) is 13.0. The second-order valence-electron chi connectivity index (χ2n) is 5.01. The molecule has 1 unspecified atom stereocenters. The number of nitrogens with zero attached hydrogens (tertiary/aromatic N) is 4. The van der Waals surface area contributed by atoms with E-state index in [1.165, 1.54) is 0 Å². The number of nitrogens with two attached hydrogens (primary N) is 1. The first-order chi connectivity index (χ1) is 8.61. The summed E-state index contributed by atoms with van der Waals surface area (Å²) in [6.45, 7) is 6.24. The van der Waals surface area contributed by atoms with Crippen molar-refractivity contribution in [1.82, 2.24) is 14.9 Å². The quantitative estimate of drug-likeness (QED) is 0.737. The second-order valence-corrected chi connectivity index (χ2v) is 5.01. The van der Waals surface area contributed by atoms with Crippen molar-refractivity contribution >= 4 is 5.95 Å². The predicted molar refractivity (Wildman–Crippen MR) is 70.4 cm³/mol. The number of aromatic nitrogens is 2. The number of aliphatic hydroxyl groups is 1. The van der Waals surface area contributed by atoms with Gasteiger partial charge in [-0.2, -0.15) is 0 Å². The lowest BCUT2D eigenvalue weighted by Gasteiger charge is -2.37. The molecule has 1 aliphatic heterocycles. The lowest BCUT2D eigenvalue weighted by molar-refractivity contribution is 0.0257. The van der Waals surface area contributed by atoms with Crippen molar-refractivity contribution in [3.05, 3.63) is 18.5 Å². The Labute approximate surface area is 107 Å². The molecule has 6 heteroatoms. The van der Waals surface area contributed by atoms with Crippen LogP contribution in [0.5, 0.6) is 0 Å². The first-order valence-corrected chi connectivity index (χ1v) is 6.27. The smallest absolute Gasteiger partial charge is 0.225 e. The van der Waals surface area contributed by atoms with Gasteiger partial charge in [-0.1, -0.05) is 0 Å². The molecule has 0 radical (unpaired) electrons. The summed E-state index contributed by atoms with van der Waals surface area (Å²) in [5, 5.41) is 9.95. The fourth-order valence-corrected chi connectivity index (χ4v) is 2.11. The van der Waals surface area contributed by atoms with E-state index < -0.39 is 5.60 Å². The zero-order valence-electron chi connectivity index (χ0n) is 10.8. The predicted octanol–water partition coefficient (Wildman–Crippen LogP) is -0.692. The molecule has 3 N–H and O–H groups in total. The number of piperazine rings is 1. The highest BCUT2D eigenvalue weighted by molar-refractivity contribution is 5.29. The van der Waals surface area contributed by atoms with Crippen molar-refractivity contribution in [3.8, 4) is 0 Å². The van der Waals surface area contributed by atoms with Gasteiger partial charge in [0.1, 0.15) is 0 Å². The summed E-state index contributed by atoms with van der Waals surface area (Å²) in [5.74, 6) is 0.780. The van der Waals surface area contributed by atoms with Crippen LogP contribution >= 0.6 is 0 Å². The molecule has 100 valence electrons. The average Bonchev–Trinajstić information content (AvgIpc) is 2.40. The molecular weight excluding hydrogens is 230 g/mol. The first kappa shape index (κ1) is 13.2. The Morgan fingerprint density at radius 3 is 2.44 bits per heavy atom. The highest BCUT2D eigenvalue weighted by Gasteiger charge is 2.25. The van der Waals surface area contributed by atoms with E-state index in [1.54, 1.807) is 19.3 Å². The van der Waals surface area contributed by atoms with Crippen LogP contribution in [-0.4, -0.2) is 64.8 Å². The highest BCUT2D eigenvalue weighted by atomic mass is 16.3. The van der Waals surface area contributed by atoms with E-state index in [0.717, 1.165) is 32.1 Å². The van der Waals surface area contributed by atoms with Gasteiger partial charge in [0.15, 0.2) is 0 Å². The Balaban J connectivity index is 1.85. The summed E-state index contributed by atoms with van der Waals surface area (Å²) in [4.78, 5) is 12.9. The SMILES string of the molecule is CC(O)(CN)CN1CCN(c2ncccn2)CC1. The van der Waals surface area contributed by atoms with Crippen molar-refractivity contribution in [2.24, 2.45) is 5.73 Å². The lowest BCUT2D eigenvalue weighted by Crippen LogP contribution is -2.53. The van der Waals surface area contributed by atoms with Gasteiger partial charge >= 0.3 is 0 Å². The van der Waals surface area contributed by atoms with E-state index in [0.29, 0.717) is 6.54 Å². The number of anilines is 1. The fraction of sp³-hybridized carbons (Fsp3) is 0.667. The monoisotopic (exact) mass is 251 g/mol. The summed E-state index contributed by atoms with van der Waals surface area (Å²) in [6, 6.07) is 1.82. The molecule has 0 saturated carbocycles. The minimum Gasteiger partial charge on any atom is -0.388 e. The van der Waals surface area contributed by atoms with Crippen LogP contribution in [0.25, 0.3) is 0 Å². The van der Waals surface area contributed by atoms with Crippen LogP contribution in [-0.2, 0) is 0 Å². The van der Waals surface area contributed by atoms with Crippen LogP contribution in [0.4, 0.5) is 5.95 Å². The van der Waals surface area contributed by atoms with Crippen molar-refractivity contribution in [2.75, 3.05) is 44.2 Å². The maximum Gasteiger partial charge on any atom is 0.225 e. The topological polar surface area (TPSA) is 78.5 Å². The van der Waals surface area contributed by atoms with E-state index >= 15 is 0 Å². The summed E-state index contributed by atoms with van der Waals surface area (Å²) in [5.41, 5.74) is 4.73. The van der Waals surface area contributed by atoms with E-state index in [-0.39, 0.29) is 6.54 Å². The lowest BCUT2D eigenvalue weighted by atomic mass is 10.1. The minimum atomic E-state index is -0.800. The summed E-state index contributed by atoms with van der Waals surface area (Å²) >= 11 is 0. The van der Waals surface area contributed by atoms with Crippen molar-refractivity contribution < 1.29 is 5.11 Å². The number of β-amino-alcohol motifs (C(OH)–C–C–N with tert-alkyl or cyclic N) is 1. The Kier molecular flexibility index (Phi) is 4.11. The Bertz CT molecular complexity index is 362. The van der Waals surface area contributed by atoms with Crippen LogP contribution in [0.1, 0.15) is 6.92 Å². The summed E-state index contributed by atoms with van der Waals surface area (Å²) in [7, 11) is 0. The third kappa shape index (κ3) is 3.38. The van der Waals surface area contributed by atoms with Gasteiger partial charge in [0.2, 0.25) is 5.95 Å². The maximum atomic E-state index is 9.95. The van der Waals surface area contributed by atoms with E-state index in [4.69, 9.17) is 5.73 Å². The van der Waals surface area contributed by atoms with Crippen molar-refractivity contribution in [3.63, 3.8) is 0 Å². The standard InChI is InChI=1S/C12H21N5O/c1-12(18,9-13)10-16-5-7-17(8-6-16)11-14-3-2-4-15-11/h2-4,18H,5-10,13H2,1H3. The molecule has 0 bridgehead atoms. The van der Waals surface area contributed by atoms with Crippen LogP contribution < -0.4 is 10.6 Å². The van der Waals surface area contributed by atoms with Gasteiger partial charge in [-0.05, 0) is 13.0 Å². The molecule has 1 atom stereocenters. The molecule has 1 saturated heterocycles. The largest absolute Gasteiger partial charge is 0.388 e. The Morgan fingerprint density at radius 2 is 1.89 bits per heavy atom. The molecule has 1 aliphatic rings. The van der Waals surface area contributed by atoms with Crippen molar-refractivity contribution in [2.45, 2.75) is 12.5 Å². The molecule has 0 aliphatic carbocycles. The van der Waals surface area contributed by atoms with Gasteiger partial charge < -0.3 is 15.7 Å². The third-order valence-electron chi connectivity index (χ3n) is 3.21. The number of hydrogen-bond acceptors (Lipinski definition) is 6. The molecule has 2 heterocycles. The molecule has 0 spiro atoms. The number of hydrogen-bond donors (Lipinski definition) is 2. The van der Waals surface area contributed by atoms with Gasteiger partial charge in [-0.15, -0.1) is 0 Å². The van der Waals surface area contributed by atoms with E-state index in [2.05, 4.69) is 19.8 Å². The molecule has 6 nitrogen and oxygen atoms in total. The highest BCUT2D eigenvalue weighted by Crippen LogP contribution is 2.12. The third-order valence-corrected chi connectivity index (χ3v) is 3.21. The van der Waals surface area contributed by atoms with Crippen LogP contribution in [0, 0.1) is 0 Å². The van der Waals surface area contributed by atoms with Gasteiger partial charge in [0.05, 0.1) is 5.60 Å². The van der Waals surface area contributed by atoms with Gasteiger partial charge in [0, 0.05) is 51.7 Å². The van der Waals surface area contributed by atoms with Gasteiger partial charge in [-0.25, -0.2) is 9.97 Å². The van der Waals surface area contributed by atoms with Crippen LogP contribution in [0.3, 0.4) is 0 Å². The van der Waals surface area contributed by atoms with E-state index in [1.807, 2.05) is 6.07 Å². The summed E-state index contributed by atoms with van der Waals surface area (Å²) < 4.78 is 0. The second kappa shape index (κ2) is 5.60. The summed E-state index contributed by atoms with van der Waals surface area (Å²) in [6.07, 6.45) is 3.52. The molecular formula is C12H21N5O. The first-order valence-electron chi connectivity index (χ1n) is 6.27. The molecule has 2 rings (SSSR count). The fourth-order valence-electron chi connectivity index (χ4n) is 2.11. The molecule has 1 fully saturated rings. The van der Waals surface area contributed by atoms with Crippen LogP contribution in [0.2, 0.25) is 0 Å². The van der Waals surface area contributed by atoms with E-state index in [9.17, 15) is 5.11 Å².